The van der Waals surface area contributed by atoms with Gasteiger partial charge in [0.25, 0.3) is 0 Å². The minimum atomic E-state index is 0.542. The molecule has 1 aromatic heterocycles. The molecule has 0 radical (unpaired) electrons. The first-order chi connectivity index (χ1) is 9.81. The molecular weight excluding hydrogens is 246 g/mol. The number of nitrogens with one attached hydrogen (secondary N) is 1. The highest BCUT2D eigenvalue weighted by Crippen LogP contribution is 2.50. The lowest BCUT2D eigenvalue weighted by Crippen LogP contribution is -2.11. The Labute approximate surface area is 120 Å². The molecule has 1 N–H and O–H groups in total. The van der Waals surface area contributed by atoms with E-state index in [1.807, 2.05) is 12.5 Å². The van der Waals surface area contributed by atoms with E-state index in [9.17, 15) is 0 Å². The molecule has 0 amide bonds. The number of aromatic nitrogens is 2. The second-order valence-electron chi connectivity index (χ2n) is 6.28. The van der Waals surface area contributed by atoms with Gasteiger partial charge in [-0.1, -0.05) is 25.1 Å². The molecule has 0 unspecified atom stereocenters. The molecule has 2 heterocycles. The number of imidazole rings is 1. The van der Waals surface area contributed by atoms with Gasteiger partial charge in [0.1, 0.15) is 0 Å². The summed E-state index contributed by atoms with van der Waals surface area (Å²) in [5.41, 5.74) is 5.86. The molecule has 3 heteroatoms. The lowest BCUT2D eigenvalue weighted by Gasteiger charge is -2.17. The van der Waals surface area contributed by atoms with Crippen LogP contribution in [0.2, 0.25) is 0 Å². The van der Waals surface area contributed by atoms with Crippen molar-refractivity contribution in [1.82, 2.24) is 9.55 Å². The fourth-order valence-corrected chi connectivity index (χ4v) is 3.39. The van der Waals surface area contributed by atoms with E-state index >= 15 is 0 Å². The Morgan fingerprint density at radius 1 is 1.35 bits per heavy atom. The molecule has 2 aliphatic rings. The number of hydrogen-bond acceptors (Lipinski definition) is 2. The van der Waals surface area contributed by atoms with Crippen LogP contribution < -0.4 is 5.32 Å². The summed E-state index contributed by atoms with van der Waals surface area (Å²) in [6, 6.07) is 6.62. The molecule has 2 aromatic rings. The van der Waals surface area contributed by atoms with Crippen LogP contribution in [0.3, 0.4) is 0 Å². The maximum absolute atomic E-state index is 4.41. The van der Waals surface area contributed by atoms with Crippen molar-refractivity contribution in [2.24, 2.45) is 5.41 Å². The van der Waals surface area contributed by atoms with Gasteiger partial charge in [-0.05, 0) is 36.7 Å². The lowest BCUT2D eigenvalue weighted by molar-refractivity contribution is 0.411. The van der Waals surface area contributed by atoms with Gasteiger partial charge in [0, 0.05) is 24.3 Å². The zero-order valence-corrected chi connectivity index (χ0v) is 12.0. The SMILES string of the molecule is CCC1(Cn2cncc2-c2cccc3c2NCC3)CC1. The minimum Gasteiger partial charge on any atom is -0.384 e. The van der Waals surface area contributed by atoms with Gasteiger partial charge in [0.2, 0.25) is 0 Å². The van der Waals surface area contributed by atoms with Crippen molar-refractivity contribution in [3.8, 4) is 11.3 Å². The molecule has 20 heavy (non-hydrogen) atoms. The number of hydrogen-bond donors (Lipinski definition) is 1. The normalized spacial score (nSPS) is 18.6. The van der Waals surface area contributed by atoms with E-state index in [1.165, 1.54) is 41.8 Å². The summed E-state index contributed by atoms with van der Waals surface area (Å²) >= 11 is 0. The summed E-state index contributed by atoms with van der Waals surface area (Å²) in [5, 5.41) is 3.54. The molecule has 0 saturated heterocycles. The van der Waals surface area contributed by atoms with E-state index in [-0.39, 0.29) is 0 Å². The monoisotopic (exact) mass is 267 g/mol. The largest absolute Gasteiger partial charge is 0.384 e. The minimum absolute atomic E-state index is 0.542. The van der Waals surface area contributed by atoms with Crippen LogP contribution in [0.25, 0.3) is 11.3 Å². The zero-order chi connectivity index (χ0) is 13.6. The predicted octanol–water partition coefficient (Wildman–Crippen LogP) is 3.71. The number of anilines is 1. The van der Waals surface area contributed by atoms with E-state index in [2.05, 4.69) is 40.0 Å². The molecule has 1 aliphatic carbocycles. The summed E-state index contributed by atoms with van der Waals surface area (Å²) in [7, 11) is 0. The third-order valence-corrected chi connectivity index (χ3v) is 5.05. The van der Waals surface area contributed by atoms with Crippen LogP contribution >= 0.6 is 0 Å². The van der Waals surface area contributed by atoms with Crippen LogP contribution in [0.1, 0.15) is 31.7 Å². The Kier molecular flexibility index (Phi) is 2.62. The first kappa shape index (κ1) is 12.0. The number of para-hydroxylation sites is 1. The second-order valence-corrected chi connectivity index (χ2v) is 6.28. The summed E-state index contributed by atoms with van der Waals surface area (Å²) in [6.07, 6.45) is 9.16. The molecule has 0 atom stereocenters. The number of fused-ring (bicyclic) bond motifs is 1. The number of nitrogens with zero attached hydrogens (tertiary/aromatic N) is 2. The standard InChI is InChI=1S/C17H21N3/c1-2-17(7-8-17)11-20-12-18-10-15(20)14-5-3-4-13-6-9-19-16(13)14/h3-5,10,12,19H,2,6-9,11H2,1H3. The Balaban J connectivity index is 1.73. The van der Waals surface area contributed by atoms with Gasteiger partial charge in [-0.2, -0.15) is 0 Å². The quantitative estimate of drug-likeness (QED) is 0.915. The van der Waals surface area contributed by atoms with Crippen LogP contribution in [0.15, 0.2) is 30.7 Å². The first-order valence-corrected chi connectivity index (χ1v) is 7.68. The summed E-state index contributed by atoms with van der Waals surface area (Å²) < 4.78 is 2.35. The van der Waals surface area contributed by atoms with Crippen LogP contribution in [-0.2, 0) is 13.0 Å². The van der Waals surface area contributed by atoms with Crippen molar-refractivity contribution >= 4 is 5.69 Å². The third-order valence-electron chi connectivity index (χ3n) is 5.05. The molecular formula is C17H21N3. The van der Waals surface area contributed by atoms with E-state index in [1.54, 1.807) is 0 Å². The highest BCUT2D eigenvalue weighted by molar-refractivity contribution is 5.79. The van der Waals surface area contributed by atoms with Crippen LogP contribution in [0.5, 0.6) is 0 Å². The van der Waals surface area contributed by atoms with Gasteiger partial charge in [0.15, 0.2) is 0 Å². The van der Waals surface area contributed by atoms with Gasteiger partial charge in [-0.3, -0.25) is 0 Å². The van der Waals surface area contributed by atoms with Gasteiger partial charge in [-0.25, -0.2) is 4.98 Å². The predicted molar refractivity (Wildman–Crippen MR) is 81.8 cm³/mol. The van der Waals surface area contributed by atoms with Gasteiger partial charge >= 0.3 is 0 Å². The van der Waals surface area contributed by atoms with Crippen molar-refractivity contribution in [2.45, 2.75) is 39.2 Å². The van der Waals surface area contributed by atoms with Gasteiger partial charge in [0.05, 0.1) is 18.2 Å². The Hall–Kier alpha value is -1.77. The molecule has 1 aliphatic heterocycles. The molecule has 1 aromatic carbocycles. The maximum Gasteiger partial charge on any atom is 0.0951 e. The van der Waals surface area contributed by atoms with Crippen LogP contribution in [-0.4, -0.2) is 16.1 Å². The molecule has 0 spiro atoms. The van der Waals surface area contributed by atoms with E-state index in [0.29, 0.717) is 5.41 Å². The van der Waals surface area contributed by atoms with Crippen LogP contribution in [0, 0.1) is 5.41 Å². The second kappa shape index (κ2) is 4.37. The number of benzene rings is 1. The fraction of sp³-hybridized carbons (Fsp3) is 0.471. The Bertz CT molecular complexity index is 637. The smallest absolute Gasteiger partial charge is 0.0951 e. The average Bonchev–Trinajstić information content (AvgIpc) is 2.89. The topological polar surface area (TPSA) is 29.9 Å². The van der Waals surface area contributed by atoms with Gasteiger partial charge in [-0.15, -0.1) is 0 Å². The summed E-state index contributed by atoms with van der Waals surface area (Å²) in [4.78, 5) is 4.41. The maximum atomic E-state index is 4.41. The highest BCUT2D eigenvalue weighted by Gasteiger charge is 2.41. The molecule has 1 fully saturated rings. The molecule has 0 bridgehead atoms. The van der Waals surface area contributed by atoms with E-state index < -0.39 is 0 Å². The summed E-state index contributed by atoms with van der Waals surface area (Å²) in [5.74, 6) is 0. The van der Waals surface area contributed by atoms with Crippen molar-refractivity contribution in [3.63, 3.8) is 0 Å². The highest BCUT2D eigenvalue weighted by atomic mass is 15.1. The fourth-order valence-electron chi connectivity index (χ4n) is 3.39. The molecule has 4 rings (SSSR count). The lowest BCUT2D eigenvalue weighted by atomic mass is 10.0. The van der Waals surface area contributed by atoms with Gasteiger partial charge < -0.3 is 9.88 Å². The molecule has 1 saturated carbocycles. The van der Waals surface area contributed by atoms with Crippen LogP contribution in [0.4, 0.5) is 5.69 Å². The summed E-state index contributed by atoms with van der Waals surface area (Å²) in [6.45, 7) is 4.48. The molecule has 3 nitrogen and oxygen atoms in total. The average molecular weight is 267 g/mol. The first-order valence-electron chi connectivity index (χ1n) is 7.68. The number of rotatable bonds is 4. The van der Waals surface area contributed by atoms with Crippen molar-refractivity contribution < 1.29 is 0 Å². The van der Waals surface area contributed by atoms with E-state index in [0.717, 1.165) is 19.5 Å². The zero-order valence-electron chi connectivity index (χ0n) is 12.0. The Morgan fingerprint density at radius 3 is 3.05 bits per heavy atom. The van der Waals surface area contributed by atoms with Crippen molar-refractivity contribution in [2.75, 3.05) is 11.9 Å². The molecule has 104 valence electrons. The van der Waals surface area contributed by atoms with E-state index in [4.69, 9.17) is 0 Å². The third kappa shape index (κ3) is 1.84. The van der Waals surface area contributed by atoms with Crippen molar-refractivity contribution in [3.05, 3.63) is 36.3 Å². The van der Waals surface area contributed by atoms with Crippen molar-refractivity contribution in [1.29, 1.82) is 0 Å². The Morgan fingerprint density at radius 2 is 2.25 bits per heavy atom.